The van der Waals surface area contributed by atoms with Crippen molar-refractivity contribution in [1.29, 1.82) is 0 Å². The average molecular weight is 518 g/mol. The van der Waals surface area contributed by atoms with Crippen molar-refractivity contribution >= 4 is 39.1 Å². The molecule has 166 valence electrons. The van der Waals surface area contributed by atoms with Crippen molar-refractivity contribution in [2.24, 2.45) is 0 Å². The summed E-state index contributed by atoms with van der Waals surface area (Å²) in [4.78, 5) is 2.44. The third-order valence-corrected chi connectivity index (χ3v) is 6.12. The van der Waals surface area contributed by atoms with Crippen LogP contribution in [0.5, 0.6) is 11.5 Å². The lowest BCUT2D eigenvalue weighted by Gasteiger charge is -2.18. The lowest BCUT2D eigenvalue weighted by atomic mass is 10.2. The third-order valence-electron chi connectivity index (χ3n) is 4.79. The number of nitrogens with one attached hydrogen (secondary N) is 1. The zero-order valence-corrected chi connectivity index (χ0v) is 21.0. The molecule has 7 heteroatoms. The molecule has 0 unspecified atom stereocenters. The minimum absolute atomic E-state index is 0.374. The van der Waals surface area contributed by atoms with E-state index in [2.05, 4.69) is 46.1 Å². The minimum atomic E-state index is 0.374. The van der Waals surface area contributed by atoms with Gasteiger partial charge in [-0.15, -0.1) is 0 Å². The summed E-state index contributed by atoms with van der Waals surface area (Å²) >= 11 is 15.7. The predicted molar refractivity (Wildman–Crippen MR) is 130 cm³/mol. The van der Waals surface area contributed by atoms with Gasteiger partial charge in [0.15, 0.2) is 11.5 Å². The zero-order valence-electron chi connectivity index (χ0n) is 17.9. The van der Waals surface area contributed by atoms with Gasteiger partial charge in [-0.05, 0) is 90.8 Å². The van der Waals surface area contributed by atoms with Gasteiger partial charge in [-0.2, -0.15) is 0 Å². The summed E-state index contributed by atoms with van der Waals surface area (Å²) in [5, 5.41) is 4.57. The number of benzene rings is 2. The number of hydrogen-bond acceptors (Lipinski definition) is 4. The summed E-state index contributed by atoms with van der Waals surface area (Å²) in [5.74, 6) is 1.42. The molecule has 0 atom stereocenters. The third kappa shape index (κ3) is 7.93. The molecule has 2 rings (SSSR count). The van der Waals surface area contributed by atoms with Crippen LogP contribution < -0.4 is 14.8 Å². The van der Waals surface area contributed by atoms with Crippen molar-refractivity contribution in [3.05, 3.63) is 56.0 Å². The smallest absolute Gasteiger partial charge is 0.175 e. The van der Waals surface area contributed by atoms with E-state index in [0.717, 1.165) is 60.5 Å². The van der Waals surface area contributed by atoms with Gasteiger partial charge in [0.25, 0.3) is 0 Å². The van der Waals surface area contributed by atoms with Crippen molar-refractivity contribution in [2.45, 2.75) is 40.3 Å². The van der Waals surface area contributed by atoms with Gasteiger partial charge in [0.1, 0.15) is 6.61 Å². The fourth-order valence-corrected chi connectivity index (χ4v) is 4.04. The maximum Gasteiger partial charge on any atom is 0.175 e. The first-order chi connectivity index (χ1) is 14.5. The molecule has 0 saturated carbocycles. The van der Waals surface area contributed by atoms with Crippen LogP contribution in [0.15, 0.2) is 34.8 Å². The van der Waals surface area contributed by atoms with Crippen molar-refractivity contribution in [1.82, 2.24) is 10.2 Å². The highest BCUT2D eigenvalue weighted by molar-refractivity contribution is 9.10. The predicted octanol–water partition coefficient (Wildman–Crippen LogP) is 6.56. The van der Waals surface area contributed by atoms with E-state index in [1.54, 1.807) is 6.07 Å². The second-order valence-electron chi connectivity index (χ2n) is 6.93. The number of ether oxygens (including phenoxy) is 2. The molecular weight excluding hydrogens is 487 g/mol. The molecule has 0 fully saturated rings. The topological polar surface area (TPSA) is 33.7 Å². The molecule has 4 nitrogen and oxygen atoms in total. The Hall–Kier alpha value is -0.980. The van der Waals surface area contributed by atoms with Gasteiger partial charge >= 0.3 is 0 Å². The first kappa shape index (κ1) is 25.3. The molecule has 0 aliphatic rings. The highest BCUT2D eigenvalue weighted by Crippen LogP contribution is 2.37. The second-order valence-corrected chi connectivity index (χ2v) is 8.60. The molecule has 0 amide bonds. The van der Waals surface area contributed by atoms with Crippen LogP contribution in [0.1, 0.15) is 38.3 Å². The standard InChI is InChI=1S/C23H31BrCl2N2O2/c1-4-28(5-2)11-7-10-27-15-18-12-19(24)23(22(14-18)29-6-3)30-16-17-8-9-20(25)21(26)13-17/h8-9,12-14,27H,4-7,10-11,15-16H2,1-3H3. The minimum Gasteiger partial charge on any atom is -0.490 e. The number of hydrogen-bond donors (Lipinski definition) is 1. The van der Waals surface area contributed by atoms with Crippen LogP contribution in [0.4, 0.5) is 0 Å². The quantitative estimate of drug-likeness (QED) is 0.305. The molecular formula is C23H31BrCl2N2O2. The fourth-order valence-electron chi connectivity index (χ4n) is 3.11. The Balaban J connectivity index is 1.97. The summed E-state index contributed by atoms with van der Waals surface area (Å²) in [6.07, 6.45) is 1.13. The van der Waals surface area contributed by atoms with Crippen LogP contribution in [-0.2, 0) is 13.2 Å². The summed E-state index contributed by atoms with van der Waals surface area (Å²) in [6, 6.07) is 9.60. The van der Waals surface area contributed by atoms with Crippen LogP contribution in [0.3, 0.4) is 0 Å². The molecule has 0 saturated heterocycles. The molecule has 2 aromatic rings. The molecule has 0 heterocycles. The van der Waals surface area contributed by atoms with Crippen molar-refractivity contribution in [2.75, 3.05) is 32.8 Å². The Morgan fingerprint density at radius 2 is 1.73 bits per heavy atom. The SMILES string of the molecule is CCOc1cc(CNCCCN(CC)CC)cc(Br)c1OCc1ccc(Cl)c(Cl)c1. The maximum absolute atomic E-state index is 6.10. The summed E-state index contributed by atoms with van der Waals surface area (Å²) in [5.41, 5.74) is 2.09. The Morgan fingerprint density at radius 3 is 2.40 bits per heavy atom. The molecule has 30 heavy (non-hydrogen) atoms. The number of halogens is 3. The van der Waals surface area contributed by atoms with Gasteiger partial charge in [0, 0.05) is 6.54 Å². The summed E-state index contributed by atoms with van der Waals surface area (Å²) in [6.45, 7) is 12.4. The number of rotatable bonds is 13. The van der Waals surface area contributed by atoms with E-state index >= 15 is 0 Å². The van der Waals surface area contributed by atoms with E-state index in [0.29, 0.717) is 29.0 Å². The van der Waals surface area contributed by atoms with Gasteiger partial charge in [0.2, 0.25) is 0 Å². The van der Waals surface area contributed by atoms with Crippen molar-refractivity contribution in [3.8, 4) is 11.5 Å². The Morgan fingerprint density at radius 1 is 0.967 bits per heavy atom. The van der Waals surface area contributed by atoms with E-state index in [1.165, 1.54) is 0 Å². The highest BCUT2D eigenvalue weighted by atomic mass is 79.9. The first-order valence-corrected chi connectivity index (χ1v) is 12.0. The van der Waals surface area contributed by atoms with Crippen molar-refractivity contribution < 1.29 is 9.47 Å². The zero-order chi connectivity index (χ0) is 21.9. The molecule has 0 aliphatic heterocycles. The Kier molecular flexibility index (Phi) is 11.3. The fraction of sp³-hybridized carbons (Fsp3) is 0.478. The largest absolute Gasteiger partial charge is 0.490 e. The van der Waals surface area contributed by atoms with Gasteiger partial charge in [-0.1, -0.05) is 43.1 Å². The summed E-state index contributed by atoms with van der Waals surface area (Å²) in [7, 11) is 0. The van der Waals surface area contributed by atoms with E-state index in [-0.39, 0.29) is 0 Å². The normalized spacial score (nSPS) is 11.2. The van der Waals surface area contributed by atoms with Gasteiger partial charge in [-0.3, -0.25) is 0 Å². The molecule has 0 bridgehead atoms. The molecule has 0 spiro atoms. The molecule has 1 N–H and O–H groups in total. The molecule has 0 aliphatic carbocycles. The maximum atomic E-state index is 6.10. The van der Waals surface area contributed by atoms with Gasteiger partial charge in [0.05, 0.1) is 21.1 Å². The van der Waals surface area contributed by atoms with Crippen LogP contribution in [0, 0.1) is 0 Å². The molecule has 0 radical (unpaired) electrons. The molecule has 2 aromatic carbocycles. The second kappa shape index (κ2) is 13.4. The van der Waals surface area contributed by atoms with E-state index < -0.39 is 0 Å². The van der Waals surface area contributed by atoms with E-state index in [4.69, 9.17) is 32.7 Å². The number of nitrogens with zero attached hydrogens (tertiary/aromatic N) is 1. The van der Waals surface area contributed by atoms with Crippen LogP contribution in [-0.4, -0.2) is 37.7 Å². The lowest BCUT2D eigenvalue weighted by molar-refractivity contribution is 0.267. The van der Waals surface area contributed by atoms with Crippen LogP contribution in [0.2, 0.25) is 10.0 Å². The van der Waals surface area contributed by atoms with Gasteiger partial charge in [-0.25, -0.2) is 0 Å². The molecule has 0 aromatic heterocycles. The van der Waals surface area contributed by atoms with Crippen LogP contribution >= 0.6 is 39.1 Å². The van der Waals surface area contributed by atoms with E-state index in [1.807, 2.05) is 25.1 Å². The Bertz CT molecular complexity index is 801. The van der Waals surface area contributed by atoms with Crippen molar-refractivity contribution in [3.63, 3.8) is 0 Å². The first-order valence-electron chi connectivity index (χ1n) is 10.4. The van der Waals surface area contributed by atoms with Gasteiger partial charge < -0.3 is 19.7 Å². The monoisotopic (exact) mass is 516 g/mol. The highest BCUT2D eigenvalue weighted by Gasteiger charge is 2.13. The van der Waals surface area contributed by atoms with E-state index in [9.17, 15) is 0 Å². The lowest BCUT2D eigenvalue weighted by Crippen LogP contribution is -2.27. The van der Waals surface area contributed by atoms with Crippen LogP contribution in [0.25, 0.3) is 0 Å². The summed E-state index contributed by atoms with van der Waals surface area (Å²) < 4.78 is 12.8. The Labute approximate surface area is 199 Å². The average Bonchev–Trinajstić information content (AvgIpc) is 2.73.